The summed E-state index contributed by atoms with van der Waals surface area (Å²) in [6, 6.07) is 1.02. The monoisotopic (exact) mass is 309 g/mol. The minimum absolute atomic E-state index is 0.184. The summed E-state index contributed by atoms with van der Waals surface area (Å²) in [5.74, 6) is 0.184. The molecule has 2 nitrogen and oxygen atoms in total. The van der Waals surface area contributed by atoms with Crippen molar-refractivity contribution in [3.63, 3.8) is 0 Å². The molecular formula is C11H11BrF3NO. The summed E-state index contributed by atoms with van der Waals surface area (Å²) in [4.78, 5) is 3.64. The molecule has 0 radical (unpaired) electrons. The van der Waals surface area contributed by atoms with E-state index in [2.05, 4.69) is 20.9 Å². The van der Waals surface area contributed by atoms with E-state index < -0.39 is 11.7 Å². The third-order valence-electron chi connectivity index (χ3n) is 1.97. The molecule has 0 atom stereocenters. The molecule has 0 unspecified atom stereocenters. The van der Waals surface area contributed by atoms with Crippen LogP contribution in [0.15, 0.2) is 18.3 Å². The second-order valence-corrected chi connectivity index (χ2v) is 3.99. The van der Waals surface area contributed by atoms with E-state index in [1.807, 2.05) is 0 Å². The van der Waals surface area contributed by atoms with Crippen molar-refractivity contribution in [3.8, 4) is 5.88 Å². The van der Waals surface area contributed by atoms with Crippen LogP contribution >= 0.6 is 15.9 Å². The van der Waals surface area contributed by atoms with Crippen LogP contribution in [0.4, 0.5) is 13.2 Å². The first-order valence-corrected chi connectivity index (χ1v) is 5.95. The maximum atomic E-state index is 12.5. The molecule has 0 amide bonds. The molecule has 1 rings (SSSR count). The van der Waals surface area contributed by atoms with E-state index in [4.69, 9.17) is 4.74 Å². The van der Waals surface area contributed by atoms with E-state index in [1.165, 1.54) is 7.11 Å². The van der Waals surface area contributed by atoms with Gasteiger partial charge in [-0.1, -0.05) is 28.1 Å². The van der Waals surface area contributed by atoms with Gasteiger partial charge in [-0.3, -0.25) is 0 Å². The molecule has 1 heterocycles. The summed E-state index contributed by atoms with van der Waals surface area (Å²) >= 11 is 3.23. The van der Waals surface area contributed by atoms with Crippen molar-refractivity contribution in [1.82, 2.24) is 4.98 Å². The highest BCUT2D eigenvalue weighted by molar-refractivity contribution is 9.09. The van der Waals surface area contributed by atoms with Crippen molar-refractivity contribution in [2.45, 2.75) is 12.6 Å². The van der Waals surface area contributed by atoms with Gasteiger partial charge in [0.1, 0.15) is 0 Å². The number of hydrogen-bond donors (Lipinski definition) is 0. The molecule has 0 saturated heterocycles. The maximum absolute atomic E-state index is 12.5. The first-order valence-electron chi connectivity index (χ1n) is 4.82. The van der Waals surface area contributed by atoms with Crippen LogP contribution in [0, 0.1) is 0 Å². The predicted octanol–water partition coefficient (Wildman–Crippen LogP) is 3.91. The van der Waals surface area contributed by atoms with E-state index >= 15 is 0 Å². The van der Waals surface area contributed by atoms with Gasteiger partial charge in [0.15, 0.2) is 0 Å². The van der Waals surface area contributed by atoms with E-state index in [0.29, 0.717) is 5.56 Å². The van der Waals surface area contributed by atoms with Gasteiger partial charge in [0.2, 0.25) is 5.88 Å². The molecular weight excluding hydrogens is 299 g/mol. The summed E-state index contributed by atoms with van der Waals surface area (Å²) in [5, 5.41) is 0.748. The van der Waals surface area contributed by atoms with Crippen LogP contribution in [0.1, 0.15) is 17.5 Å². The first-order chi connectivity index (χ1) is 7.99. The normalized spacial score (nSPS) is 12.1. The Bertz CT molecular complexity index is 404. The minimum Gasteiger partial charge on any atom is -0.481 e. The van der Waals surface area contributed by atoms with Gasteiger partial charge >= 0.3 is 6.18 Å². The zero-order valence-electron chi connectivity index (χ0n) is 9.09. The van der Waals surface area contributed by atoms with Crippen molar-refractivity contribution in [1.29, 1.82) is 0 Å². The molecule has 0 N–H and O–H groups in total. The number of pyridine rings is 1. The number of aromatic nitrogens is 1. The van der Waals surface area contributed by atoms with E-state index in [1.54, 1.807) is 12.2 Å². The highest BCUT2D eigenvalue weighted by Crippen LogP contribution is 2.31. The van der Waals surface area contributed by atoms with E-state index in [-0.39, 0.29) is 5.88 Å². The third kappa shape index (κ3) is 4.03. The van der Waals surface area contributed by atoms with Gasteiger partial charge in [-0.2, -0.15) is 13.2 Å². The lowest BCUT2D eigenvalue weighted by Gasteiger charge is -2.09. The Hall–Kier alpha value is -1.04. The molecule has 6 heteroatoms. The SMILES string of the molecule is COc1ncc(C(F)(F)F)cc1C=CCCBr. The van der Waals surface area contributed by atoms with Crippen LogP contribution in [0.25, 0.3) is 6.08 Å². The number of nitrogens with zero attached hydrogens (tertiary/aromatic N) is 1. The number of allylic oxidation sites excluding steroid dienone is 1. The van der Waals surface area contributed by atoms with Gasteiger partial charge in [-0.05, 0) is 12.5 Å². The van der Waals surface area contributed by atoms with Gasteiger partial charge in [0, 0.05) is 17.1 Å². The van der Waals surface area contributed by atoms with Crippen molar-refractivity contribution >= 4 is 22.0 Å². The van der Waals surface area contributed by atoms with Gasteiger partial charge < -0.3 is 4.74 Å². The lowest BCUT2D eigenvalue weighted by molar-refractivity contribution is -0.137. The molecule has 0 fully saturated rings. The third-order valence-corrected chi connectivity index (χ3v) is 2.43. The summed E-state index contributed by atoms with van der Waals surface area (Å²) in [7, 11) is 1.37. The molecule has 0 aromatic carbocycles. The number of halogens is 4. The van der Waals surface area contributed by atoms with Crippen LogP contribution in [-0.2, 0) is 6.18 Å². The zero-order valence-corrected chi connectivity index (χ0v) is 10.7. The van der Waals surface area contributed by atoms with E-state index in [9.17, 15) is 13.2 Å². The minimum atomic E-state index is -4.39. The van der Waals surface area contributed by atoms with Crippen molar-refractivity contribution in [2.24, 2.45) is 0 Å². The summed E-state index contributed by atoms with van der Waals surface area (Å²) in [5.41, 5.74) is -0.458. The molecule has 0 spiro atoms. The Morgan fingerprint density at radius 2 is 2.18 bits per heavy atom. The predicted molar refractivity (Wildman–Crippen MR) is 63.2 cm³/mol. The number of alkyl halides is 4. The lowest BCUT2D eigenvalue weighted by Crippen LogP contribution is -2.06. The Morgan fingerprint density at radius 1 is 1.47 bits per heavy atom. The average Bonchev–Trinajstić information content (AvgIpc) is 2.28. The Kier molecular flexibility index (Phi) is 4.99. The quantitative estimate of drug-likeness (QED) is 0.787. The molecule has 94 valence electrons. The molecule has 0 aliphatic carbocycles. The fourth-order valence-electron chi connectivity index (χ4n) is 1.19. The number of hydrogen-bond acceptors (Lipinski definition) is 2. The fraction of sp³-hybridized carbons (Fsp3) is 0.364. The molecule has 0 aliphatic rings. The zero-order chi connectivity index (χ0) is 12.9. The summed E-state index contributed by atoms with van der Waals surface area (Å²) in [6.07, 6.45) is 0.425. The standard InChI is InChI=1S/C11H11BrF3NO/c1-17-10-8(4-2-3-5-12)6-9(7-16-10)11(13,14)15/h2,4,6-7H,3,5H2,1H3. The lowest BCUT2D eigenvalue weighted by atomic mass is 10.1. The molecule has 1 aromatic heterocycles. The van der Waals surface area contributed by atoms with E-state index in [0.717, 1.165) is 24.0 Å². The average molecular weight is 310 g/mol. The van der Waals surface area contributed by atoms with Crippen LogP contribution < -0.4 is 4.74 Å². The topological polar surface area (TPSA) is 22.1 Å². The Balaban J connectivity index is 3.07. The molecule has 0 aliphatic heterocycles. The number of methoxy groups -OCH3 is 1. The smallest absolute Gasteiger partial charge is 0.417 e. The summed E-state index contributed by atoms with van der Waals surface area (Å²) < 4.78 is 42.3. The number of ether oxygens (including phenoxy) is 1. The second kappa shape index (κ2) is 6.05. The highest BCUT2D eigenvalue weighted by Gasteiger charge is 2.31. The molecule has 0 saturated carbocycles. The van der Waals surface area contributed by atoms with Crippen LogP contribution in [0.2, 0.25) is 0 Å². The second-order valence-electron chi connectivity index (χ2n) is 3.20. The van der Waals surface area contributed by atoms with Crippen molar-refractivity contribution < 1.29 is 17.9 Å². The van der Waals surface area contributed by atoms with Crippen LogP contribution in [0.5, 0.6) is 5.88 Å². The Morgan fingerprint density at radius 3 is 2.71 bits per heavy atom. The van der Waals surface area contributed by atoms with Gasteiger partial charge in [-0.15, -0.1) is 0 Å². The van der Waals surface area contributed by atoms with Crippen LogP contribution in [0.3, 0.4) is 0 Å². The van der Waals surface area contributed by atoms with Gasteiger partial charge in [0.05, 0.1) is 12.7 Å². The van der Waals surface area contributed by atoms with Crippen molar-refractivity contribution in [2.75, 3.05) is 12.4 Å². The first kappa shape index (κ1) is 14.0. The van der Waals surface area contributed by atoms with Gasteiger partial charge in [0.25, 0.3) is 0 Å². The van der Waals surface area contributed by atoms with Gasteiger partial charge in [-0.25, -0.2) is 4.98 Å². The number of rotatable bonds is 4. The highest BCUT2D eigenvalue weighted by atomic mass is 79.9. The molecule has 17 heavy (non-hydrogen) atoms. The maximum Gasteiger partial charge on any atom is 0.417 e. The van der Waals surface area contributed by atoms with Crippen molar-refractivity contribution in [3.05, 3.63) is 29.5 Å². The van der Waals surface area contributed by atoms with Crippen LogP contribution in [-0.4, -0.2) is 17.4 Å². The summed E-state index contributed by atoms with van der Waals surface area (Å²) in [6.45, 7) is 0. The largest absolute Gasteiger partial charge is 0.481 e. The molecule has 0 bridgehead atoms. The molecule has 1 aromatic rings. The Labute approximate surface area is 106 Å². The fourth-order valence-corrected chi connectivity index (χ4v) is 1.45.